The molecule has 0 spiro atoms. The third-order valence-electron chi connectivity index (χ3n) is 5.64. The van der Waals surface area contributed by atoms with Gasteiger partial charge in [-0.1, -0.05) is 75.9 Å². The van der Waals surface area contributed by atoms with Crippen molar-refractivity contribution in [2.45, 2.75) is 68.6 Å². The van der Waals surface area contributed by atoms with Gasteiger partial charge in [0.2, 0.25) is 14.7 Å². The average molecular weight is 463 g/mol. The predicted molar refractivity (Wildman–Crippen MR) is 126 cm³/mol. The lowest BCUT2D eigenvalue weighted by Crippen LogP contribution is -2.61. The van der Waals surface area contributed by atoms with Crippen LogP contribution >= 0.6 is 0 Å². The number of hydrogen-bond donors (Lipinski definition) is 2. The number of amides is 1. The Morgan fingerprint density at radius 2 is 1.50 bits per heavy atom. The number of aliphatic carboxylic acids is 1. The summed E-state index contributed by atoms with van der Waals surface area (Å²) in [5.41, 5.74) is 6.29. The van der Waals surface area contributed by atoms with Crippen LogP contribution in [-0.4, -0.2) is 48.3 Å². The molecule has 1 amide bonds. The highest BCUT2D eigenvalue weighted by atomic mass is 32.2. The first-order chi connectivity index (χ1) is 15.2. The molecular weight excluding hydrogens is 428 g/mol. The summed E-state index contributed by atoms with van der Waals surface area (Å²) < 4.78 is 27.5. The van der Waals surface area contributed by atoms with Gasteiger partial charge in [-0.15, -0.1) is 0 Å². The number of carbonyl (C=O) groups excluding carboxylic acids is 1. The molecule has 0 unspecified atom stereocenters. The van der Waals surface area contributed by atoms with Gasteiger partial charge in [0.05, 0.1) is 11.3 Å². The Labute approximate surface area is 190 Å². The lowest BCUT2D eigenvalue weighted by Gasteiger charge is -2.33. The van der Waals surface area contributed by atoms with Crippen molar-refractivity contribution in [3.05, 3.63) is 42.5 Å². The van der Waals surface area contributed by atoms with E-state index in [1.54, 1.807) is 36.4 Å². The molecule has 0 aliphatic carbocycles. The van der Waals surface area contributed by atoms with Crippen LogP contribution < -0.4 is 5.73 Å². The van der Waals surface area contributed by atoms with Gasteiger partial charge in [0, 0.05) is 18.5 Å². The summed E-state index contributed by atoms with van der Waals surface area (Å²) in [6, 6.07) is 11.6. The van der Waals surface area contributed by atoms with Gasteiger partial charge in [0.1, 0.15) is 0 Å². The van der Waals surface area contributed by atoms with Crippen LogP contribution in [0.15, 0.2) is 47.4 Å². The Morgan fingerprint density at radius 3 is 2.06 bits per heavy atom. The molecule has 0 bridgehead atoms. The van der Waals surface area contributed by atoms with E-state index in [-0.39, 0.29) is 4.90 Å². The zero-order chi connectivity index (χ0) is 23.8. The Morgan fingerprint density at radius 1 is 0.938 bits per heavy atom. The first-order valence-corrected chi connectivity index (χ1v) is 12.7. The van der Waals surface area contributed by atoms with Crippen molar-refractivity contribution in [1.82, 2.24) is 4.90 Å². The highest BCUT2D eigenvalue weighted by Crippen LogP contribution is 2.32. The number of nitrogens with zero attached hydrogens (tertiary/aromatic N) is 1. The molecule has 2 rings (SSSR count). The molecule has 0 saturated heterocycles. The molecule has 0 heterocycles. The molecule has 176 valence electrons. The van der Waals surface area contributed by atoms with Crippen LogP contribution in [0.4, 0.5) is 0 Å². The van der Waals surface area contributed by atoms with Crippen molar-refractivity contribution in [1.29, 1.82) is 0 Å². The number of benzene rings is 2. The van der Waals surface area contributed by atoms with Crippen molar-refractivity contribution in [2.75, 3.05) is 13.1 Å². The standard InChI is InChI=1S/C24H34N2O5S/c1-3-5-9-16-26(17-10-6-4-2)23(29)24(25,18-22(27)28)32(30,31)21-15-11-13-19-12-7-8-14-20(19)21/h7-8,11-15H,3-6,9-10,16-18,25H2,1-2H3,(H,27,28)/t24-/m0/s1. The largest absolute Gasteiger partial charge is 0.481 e. The number of hydrogen-bond acceptors (Lipinski definition) is 5. The summed E-state index contributed by atoms with van der Waals surface area (Å²) in [6.07, 6.45) is 4.03. The van der Waals surface area contributed by atoms with E-state index >= 15 is 0 Å². The predicted octanol–water partition coefficient (Wildman–Crippen LogP) is 3.95. The molecule has 0 aliphatic heterocycles. The van der Waals surface area contributed by atoms with E-state index < -0.39 is 33.0 Å². The van der Waals surface area contributed by atoms with Crippen molar-refractivity contribution in [2.24, 2.45) is 5.73 Å². The first kappa shape index (κ1) is 25.8. The van der Waals surface area contributed by atoms with Crippen molar-refractivity contribution in [3.8, 4) is 0 Å². The number of unbranched alkanes of at least 4 members (excludes halogenated alkanes) is 4. The minimum absolute atomic E-state index is 0.130. The normalized spacial score (nSPS) is 13.6. The molecule has 7 nitrogen and oxygen atoms in total. The first-order valence-electron chi connectivity index (χ1n) is 11.2. The maximum absolute atomic E-state index is 13.8. The zero-order valence-electron chi connectivity index (χ0n) is 18.9. The van der Waals surface area contributed by atoms with Crippen molar-refractivity contribution < 1.29 is 23.1 Å². The van der Waals surface area contributed by atoms with Gasteiger partial charge in [-0.2, -0.15) is 0 Å². The van der Waals surface area contributed by atoms with E-state index in [1.165, 1.54) is 11.0 Å². The van der Waals surface area contributed by atoms with Crippen LogP contribution in [0.1, 0.15) is 58.8 Å². The van der Waals surface area contributed by atoms with Crippen molar-refractivity contribution in [3.63, 3.8) is 0 Å². The molecular formula is C24H34N2O5S. The minimum atomic E-state index is -4.52. The summed E-state index contributed by atoms with van der Waals surface area (Å²) in [5.74, 6) is -2.29. The SMILES string of the molecule is CCCCCN(CCCCC)C(=O)[C@](N)(CC(=O)O)S(=O)(=O)c1cccc2ccccc12. The fourth-order valence-corrected chi connectivity index (χ4v) is 5.62. The molecule has 2 aromatic rings. The molecule has 0 radical (unpaired) electrons. The maximum Gasteiger partial charge on any atom is 0.306 e. The maximum atomic E-state index is 13.8. The molecule has 0 fully saturated rings. The van der Waals surface area contributed by atoms with Gasteiger partial charge in [0.15, 0.2) is 0 Å². The summed E-state index contributed by atoms with van der Waals surface area (Å²) >= 11 is 0. The van der Waals surface area contributed by atoms with Gasteiger partial charge in [0.25, 0.3) is 5.91 Å². The molecule has 0 aromatic heterocycles. The topological polar surface area (TPSA) is 118 Å². The monoisotopic (exact) mass is 462 g/mol. The third kappa shape index (κ3) is 5.66. The smallest absolute Gasteiger partial charge is 0.306 e. The molecule has 8 heteroatoms. The van der Waals surface area contributed by atoms with Crippen LogP contribution in [0.25, 0.3) is 10.8 Å². The van der Waals surface area contributed by atoms with Gasteiger partial charge in [-0.05, 0) is 24.3 Å². The number of sulfone groups is 1. The van der Waals surface area contributed by atoms with Crippen LogP contribution in [0.2, 0.25) is 0 Å². The number of carbonyl (C=O) groups is 2. The quantitative estimate of drug-likeness (QED) is 0.435. The second-order valence-electron chi connectivity index (χ2n) is 8.15. The van der Waals surface area contributed by atoms with Crippen LogP contribution in [-0.2, 0) is 19.4 Å². The van der Waals surface area contributed by atoms with E-state index in [4.69, 9.17) is 5.73 Å². The van der Waals surface area contributed by atoms with Crippen LogP contribution in [0, 0.1) is 0 Å². The highest BCUT2D eigenvalue weighted by molar-refractivity contribution is 7.93. The second kappa shape index (κ2) is 11.4. The van der Waals surface area contributed by atoms with Crippen LogP contribution in [0.3, 0.4) is 0 Å². The van der Waals surface area contributed by atoms with Crippen LogP contribution in [0.5, 0.6) is 0 Å². The second-order valence-corrected chi connectivity index (χ2v) is 10.3. The zero-order valence-corrected chi connectivity index (χ0v) is 19.7. The molecule has 32 heavy (non-hydrogen) atoms. The Kier molecular flexibility index (Phi) is 9.21. The summed E-state index contributed by atoms with van der Waals surface area (Å²) in [7, 11) is -4.52. The summed E-state index contributed by atoms with van der Waals surface area (Å²) in [6.45, 7) is 4.76. The minimum Gasteiger partial charge on any atom is -0.481 e. The lowest BCUT2D eigenvalue weighted by atomic mass is 10.1. The van der Waals surface area contributed by atoms with Gasteiger partial charge >= 0.3 is 5.97 Å². The molecule has 3 N–H and O–H groups in total. The van der Waals surface area contributed by atoms with Gasteiger partial charge < -0.3 is 15.7 Å². The molecule has 1 atom stereocenters. The highest BCUT2D eigenvalue weighted by Gasteiger charge is 2.52. The van der Waals surface area contributed by atoms with E-state index in [0.29, 0.717) is 36.7 Å². The molecule has 0 saturated carbocycles. The Balaban J connectivity index is 2.56. The number of fused-ring (bicyclic) bond motifs is 1. The average Bonchev–Trinajstić information content (AvgIpc) is 2.76. The van der Waals surface area contributed by atoms with Gasteiger partial charge in [-0.25, -0.2) is 8.42 Å². The number of rotatable bonds is 13. The Bertz CT molecular complexity index is 1020. The van der Waals surface area contributed by atoms with E-state index in [9.17, 15) is 23.1 Å². The number of nitrogens with two attached hydrogens (primary N) is 1. The van der Waals surface area contributed by atoms with E-state index in [2.05, 4.69) is 0 Å². The molecule has 0 aliphatic rings. The molecule has 2 aromatic carbocycles. The number of carboxylic acid groups (broad SMARTS) is 1. The van der Waals surface area contributed by atoms with E-state index in [0.717, 1.165) is 25.7 Å². The van der Waals surface area contributed by atoms with Gasteiger partial charge in [-0.3, -0.25) is 9.59 Å². The fourth-order valence-electron chi connectivity index (χ4n) is 3.82. The van der Waals surface area contributed by atoms with E-state index in [1.807, 2.05) is 13.8 Å². The summed E-state index contributed by atoms with van der Waals surface area (Å²) in [4.78, 5) is 24.0. The third-order valence-corrected chi connectivity index (χ3v) is 7.86. The Hall–Kier alpha value is -2.45. The fraction of sp³-hybridized carbons (Fsp3) is 0.500. The van der Waals surface area contributed by atoms with Crippen molar-refractivity contribution >= 4 is 32.5 Å². The summed E-state index contributed by atoms with van der Waals surface area (Å²) in [5, 5.41) is 10.6. The number of carboxylic acids is 1. The lowest BCUT2D eigenvalue weighted by molar-refractivity contribution is -0.143.